The third-order valence-corrected chi connectivity index (χ3v) is 4.50. The van der Waals surface area contributed by atoms with Crippen molar-refractivity contribution in [3.63, 3.8) is 0 Å². The van der Waals surface area contributed by atoms with Gasteiger partial charge in [-0.25, -0.2) is 25.7 Å². The van der Waals surface area contributed by atoms with Gasteiger partial charge in [-0.15, -0.1) is 5.10 Å². The van der Waals surface area contributed by atoms with E-state index in [2.05, 4.69) is 25.7 Å². The van der Waals surface area contributed by atoms with E-state index in [0.29, 0.717) is 23.5 Å². The van der Waals surface area contributed by atoms with Crippen LogP contribution >= 0.6 is 0 Å². The number of imidazole rings is 1. The van der Waals surface area contributed by atoms with Crippen molar-refractivity contribution in [2.24, 2.45) is 16.7 Å². The van der Waals surface area contributed by atoms with Gasteiger partial charge in [0.1, 0.15) is 17.3 Å². The first-order valence-corrected chi connectivity index (χ1v) is 9.78. The van der Waals surface area contributed by atoms with Gasteiger partial charge in [0, 0.05) is 36.5 Å². The van der Waals surface area contributed by atoms with Gasteiger partial charge in [-0.05, 0) is 18.2 Å². The van der Waals surface area contributed by atoms with E-state index in [9.17, 15) is 18.0 Å². The Labute approximate surface area is 186 Å². The summed E-state index contributed by atoms with van der Waals surface area (Å²) >= 11 is 0. The van der Waals surface area contributed by atoms with Crippen molar-refractivity contribution < 1.29 is 18.0 Å². The molecule has 0 radical (unpaired) electrons. The largest absolute Gasteiger partial charge is 0.419 e. The molecule has 11 nitrogen and oxygen atoms in total. The number of fused-ring (bicyclic) bond motifs is 1. The second-order valence-corrected chi connectivity index (χ2v) is 6.95. The number of carbonyl (C=O) groups excluding carboxylic acids is 1. The Bertz CT molecular complexity index is 1170. The first-order valence-electron chi connectivity index (χ1n) is 9.78. The van der Waals surface area contributed by atoms with Gasteiger partial charge in [-0.1, -0.05) is 6.92 Å². The number of anilines is 2. The third kappa shape index (κ3) is 6.00. The fourth-order valence-electron chi connectivity index (χ4n) is 2.81. The number of nitrogen functional groups attached to an aromatic ring is 1. The number of halogens is 3. The Morgan fingerprint density at radius 1 is 1.27 bits per heavy atom. The number of hydrogen-bond acceptors (Lipinski definition) is 7. The quantitative estimate of drug-likeness (QED) is 0.154. The van der Waals surface area contributed by atoms with E-state index in [1.54, 1.807) is 22.7 Å². The second-order valence-electron chi connectivity index (χ2n) is 6.95. The molecule has 3 aromatic heterocycles. The molecule has 0 saturated heterocycles. The monoisotopic (exact) mass is 464 g/mol. The summed E-state index contributed by atoms with van der Waals surface area (Å²) < 4.78 is 40.9. The van der Waals surface area contributed by atoms with E-state index < -0.39 is 23.6 Å². The number of carbonyl (C=O) groups is 1. The van der Waals surface area contributed by atoms with Crippen LogP contribution in [-0.2, 0) is 6.18 Å². The van der Waals surface area contributed by atoms with E-state index in [0.717, 1.165) is 11.2 Å². The zero-order valence-electron chi connectivity index (χ0n) is 17.6. The highest BCUT2D eigenvalue weighted by Gasteiger charge is 2.34. The van der Waals surface area contributed by atoms with Crippen LogP contribution in [0.4, 0.5) is 29.6 Å². The van der Waals surface area contributed by atoms with E-state index in [-0.39, 0.29) is 24.5 Å². The molecule has 3 rings (SSSR count). The number of nitrogens with two attached hydrogens (primary N) is 3. The number of pyridine rings is 2. The maximum atomic E-state index is 13.1. The van der Waals surface area contributed by atoms with Crippen molar-refractivity contribution >= 4 is 29.1 Å². The highest BCUT2D eigenvalue weighted by Crippen LogP contribution is 2.35. The van der Waals surface area contributed by atoms with Crippen molar-refractivity contribution in [1.29, 1.82) is 0 Å². The Morgan fingerprint density at radius 2 is 2.03 bits per heavy atom. The molecular formula is C19H23F3N10O. The summed E-state index contributed by atoms with van der Waals surface area (Å²) in [6.45, 7) is 2.27. The van der Waals surface area contributed by atoms with Gasteiger partial charge in [-0.2, -0.15) is 13.2 Å². The summed E-state index contributed by atoms with van der Waals surface area (Å²) in [6, 6.07) is 3.62. The molecule has 0 atom stereocenters. The first kappa shape index (κ1) is 23.6. The van der Waals surface area contributed by atoms with E-state index in [1.165, 1.54) is 12.4 Å². The molecule has 0 aliphatic carbocycles. The van der Waals surface area contributed by atoms with Crippen LogP contribution in [0.5, 0.6) is 0 Å². The van der Waals surface area contributed by atoms with Gasteiger partial charge in [0.2, 0.25) is 0 Å². The molecule has 0 unspecified atom stereocenters. The van der Waals surface area contributed by atoms with Gasteiger partial charge in [-0.3, -0.25) is 5.32 Å². The maximum absolute atomic E-state index is 13.1. The minimum Gasteiger partial charge on any atom is -0.386 e. The highest BCUT2D eigenvalue weighted by molar-refractivity contribution is 5.88. The van der Waals surface area contributed by atoms with Crippen molar-refractivity contribution in [2.45, 2.75) is 19.5 Å². The standard InChI is InChI=1S/C19H23F3N10O/c1-2-14(23)30-32(25)6-5-26-18(33)29-15-10-31-9-11(3-4-16(31)28-15)12-7-13(19(20,21)22)17(24)27-8-12/h3-4,7-10H,2,5-6,25H2,1H3,(H2,23,30)(H2,24,27)(H2,26,29,33). The minimum absolute atomic E-state index is 0.200. The maximum Gasteiger partial charge on any atom is 0.419 e. The Hall–Kier alpha value is -4.07. The van der Waals surface area contributed by atoms with Gasteiger partial charge in [0.15, 0.2) is 5.82 Å². The average molecular weight is 464 g/mol. The first-order chi connectivity index (χ1) is 15.6. The number of nitrogens with one attached hydrogen (secondary N) is 2. The zero-order valence-corrected chi connectivity index (χ0v) is 17.6. The Morgan fingerprint density at radius 3 is 2.73 bits per heavy atom. The second kappa shape index (κ2) is 9.60. The van der Waals surface area contributed by atoms with Crippen LogP contribution in [0, 0.1) is 0 Å². The number of amides is 2. The fraction of sp³-hybridized carbons (Fsp3) is 0.263. The molecule has 8 N–H and O–H groups in total. The van der Waals surface area contributed by atoms with Gasteiger partial charge in [0.25, 0.3) is 0 Å². The summed E-state index contributed by atoms with van der Waals surface area (Å²) in [5, 5.41) is 10.2. The molecule has 0 fully saturated rings. The molecule has 33 heavy (non-hydrogen) atoms. The molecule has 3 heterocycles. The van der Waals surface area contributed by atoms with Crippen molar-refractivity contribution in [3.05, 3.63) is 42.4 Å². The van der Waals surface area contributed by atoms with Crippen LogP contribution in [0.25, 0.3) is 16.8 Å². The van der Waals surface area contributed by atoms with Gasteiger partial charge >= 0.3 is 12.2 Å². The fourth-order valence-corrected chi connectivity index (χ4v) is 2.81. The van der Waals surface area contributed by atoms with Crippen molar-refractivity contribution in [1.82, 2.24) is 24.8 Å². The SMILES string of the molecule is CC/C(N)=N/N(N)CCNC(=O)Nc1cn2cc(-c3cnc(N)c(C(F)(F)F)c3)ccc2n1. The Balaban J connectivity index is 1.67. The lowest BCUT2D eigenvalue weighted by atomic mass is 10.1. The molecule has 176 valence electrons. The summed E-state index contributed by atoms with van der Waals surface area (Å²) in [5.74, 6) is 5.67. The topological polar surface area (TPSA) is 165 Å². The highest BCUT2D eigenvalue weighted by atomic mass is 19.4. The molecule has 0 aliphatic rings. The number of amidine groups is 1. The molecule has 0 spiro atoms. The Kier molecular flexibility index (Phi) is 6.86. The third-order valence-electron chi connectivity index (χ3n) is 4.50. The molecule has 2 amide bonds. The van der Waals surface area contributed by atoms with Gasteiger partial charge < -0.3 is 21.2 Å². The molecule has 3 aromatic rings. The van der Waals surface area contributed by atoms with Crippen LogP contribution in [0.3, 0.4) is 0 Å². The number of hydrazine groups is 1. The molecule has 0 bridgehead atoms. The number of hydrogen-bond donors (Lipinski definition) is 5. The molecule has 14 heteroatoms. The molecule has 0 aliphatic heterocycles. The predicted molar refractivity (Wildman–Crippen MR) is 118 cm³/mol. The lowest BCUT2D eigenvalue weighted by Crippen LogP contribution is -2.38. The predicted octanol–water partition coefficient (Wildman–Crippen LogP) is 1.98. The summed E-state index contributed by atoms with van der Waals surface area (Å²) in [5.41, 5.74) is 11.1. The van der Waals surface area contributed by atoms with E-state index in [1.807, 2.05) is 6.92 Å². The van der Waals surface area contributed by atoms with Crippen LogP contribution in [0.1, 0.15) is 18.9 Å². The lowest BCUT2D eigenvalue weighted by molar-refractivity contribution is -0.137. The number of alkyl halides is 3. The van der Waals surface area contributed by atoms with Crippen LogP contribution in [-0.4, -0.2) is 44.4 Å². The lowest BCUT2D eigenvalue weighted by Gasteiger charge is -2.13. The summed E-state index contributed by atoms with van der Waals surface area (Å²) in [6.07, 6.45) is 0.284. The molecule has 0 aromatic carbocycles. The van der Waals surface area contributed by atoms with Gasteiger partial charge in [0.05, 0.1) is 18.3 Å². The number of nitrogens with zero attached hydrogens (tertiary/aromatic N) is 5. The molecular weight excluding hydrogens is 441 g/mol. The van der Waals surface area contributed by atoms with E-state index >= 15 is 0 Å². The minimum atomic E-state index is -4.62. The van der Waals surface area contributed by atoms with Crippen molar-refractivity contribution in [3.8, 4) is 11.1 Å². The summed E-state index contributed by atoms with van der Waals surface area (Å²) in [4.78, 5) is 20.0. The summed E-state index contributed by atoms with van der Waals surface area (Å²) in [7, 11) is 0. The molecule has 0 saturated carbocycles. The zero-order chi connectivity index (χ0) is 24.2. The van der Waals surface area contributed by atoms with Crippen LogP contribution < -0.4 is 27.9 Å². The number of hydrazone groups is 1. The van der Waals surface area contributed by atoms with E-state index in [4.69, 9.17) is 17.3 Å². The smallest absolute Gasteiger partial charge is 0.386 e. The van der Waals surface area contributed by atoms with Crippen molar-refractivity contribution in [2.75, 3.05) is 24.1 Å². The number of rotatable bonds is 7. The average Bonchev–Trinajstić information content (AvgIpc) is 3.14. The van der Waals surface area contributed by atoms with Crippen LogP contribution in [0.2, 0.25) is 0 Å². The number of aromatic nitrogens is 3. The van der Waals surface area contributed by atoms with Crippen LogP contribution in [0.15, 0.2) is 41.9 Å². The number of urea groups is 1. The normalized spacial score (nSPS) is 12.1.